The number of aromatic amines is 1. The maximum absolute atomic E-state index is 13.9. The van der Waals surface area contributed by atoms with Crippen LogP contribution in [-0.2, 0) is 13.0 Å². The fraction of sp³-hybridized carbons (Fsp3) is 0.360. The Balaban J connectivity index is 1.61. The molecule has 0 saturated carbocycles. The van der Waals surface area contributed by atoms with E-state index in [4.69, 9.17) is 5.11 Å². The van der Waals surface area contributed by atoms with Gasteiger partial charge < -0.3 is 35.3 Å². The fourth-order valence-corrected chi connectivity index (χ4v) is 4.03. The van der Waals surface area contributed by atoms with Crippen molar-refractivity contribution >= 4 is 28.0 Å². The molecular weight excluding hydrogens is 485 g/mol. The molecule has 0 radical (unpaired) electrons. The molecule has 0 aliphatic heterocycles. The van der Waals surface area contributed by atoms with Crippen molar-refractivity contribution in [2.24, 2.45) is 0 Å². The van der Waals surface area contributed by atoms with Gasteiger partial charge in [0.25, 0.3) is 11.5 Å². The van der Waals surface area contributed by atoms with Crippen LogP contribution in [0.1, 0.15) is 27.4 Å². The number of fused-ring (bicyclic) bond motifs is 2. The van der Waals surface area contributed by atoms with Gasteiger partial charge in [0, 0.05) is 13.0 Å². The number of para-hydroxylation sites is 1. The summed E-state index contributed by atoms with van der Waals surface area (Å²) in [5, 5.41) is 41.9. The number of carbonyl (C=O) groups is 1. The molecule has 4 aromatic rings. The quantitative estimate of drug-likeness (QED) is 0.182. The predicted octanol–water partition coefficient (Wildman–Crippen LogP) is 0.0762. The number of carbonyl (C=O) groups excluding carboxylic acids is 1. The van der Waals surface area contributed by atoms with E-state index in [0.29, 0.717) is 22.4 Å². The fourth-order valence-electron chi connectivity index (χ4n) is 4.03. The van der Waals surface area contributed by atoms with Crippen LogP contribution >= 0.6 is 0 Å². The van der Waals surface area contributed by atoms with E-state index in [1.54, 1.807) is 24.3 Å². The molecule has 1 amide bonds. The number of halogens is 1. The zero-order valence-electron chi connectivity index (χ0n) is 20.3. The molecule has 0 aliphatic rings. The Labute approximate surface area is 210 Å². The van der Waals surface area contributed by atoms with Crippen LogP contribution in [0.4, 0.5) is 4.39 Å². The summed E-state index contributed by atoms with van der Waals surface area (Å²) in [4.78, 5) is 37.7. The predicted molar refractivity (Wildman–Crippen MR) is 133 cm³/mol. The van der Waals surface area contributed by atoms with Crippen molar-refractivity contribution in [2.45, 2.75) is 45.1 Å². The van der Waals surface area contributed by atoms with Crippen molar-refractivity contribution < 1.29 is 29.6 Å². The first-order valence-corrected chi connectivity index (χ1v) is 11.7. The summed E-state index contributed by atoms with van der Waals surface area (Å²) < 4.78 is 15.0. The molecule has 2 heterocycles. The summed E-state index contributed by atoms with van der Waals surface area (Å²) >= 11 is 0. The minimum Gasteiger partial charge on any atom is -0.394 e. The second-order valence-corrected chi connectivity index (χ2v) is 8.93. The van der Waals surface area contributed by atoms with Crippen molar-refractivity contribution in [3.05, 3.63) is 69.1 Å². The van der Waals surface area contributed by atoms with Gasteiger partial charge in [-0.1, -0.05) is 6.07 Å². The Morgan fingerprint density at radius 2 is 1.86 bits per heavy atom. The molecule has 0 saturated heterocycles. The normalized spacial score (nSPS) is 14.1. The van der Waals surface area contributed by atoms with E-state index >= 15 is 0 Å². The van der Waals surface area contributed by atoms with E-state index in [-0.39, 0.29) is 18.5 Å². The first-order chi connectivity index (χ1) is 17.6. The summed E-state index contributed by atoms with van der Waals surface area (Å²) in [6, 6.07) is 7.93. The summed E-state index contributed by atoms with van der Waals surface area (Å²) in [6.45, 7) is 2.51. The molecule has 11 nitrogen and oxygen atoms in total. The summed E-state index contributed by atoms with van der Waals surface area (Å²) in [5.41, 5.74) is 1.86. The maximum Gasteiger partial charge on any atom is 0.282 e. The third-order valence-corrected chi connectivity index (χ3v) is 6.28. The Morgan fingerprint density at radius 1 is 1.14 bits per heavy atom. The number of H-pyrrole nitrogens is 1. The molecule has 0 fully saturated rings. The monoisotopic (exact) mass is 513 g/mol. The Hall–Kier alpha value is -3.71. The highest BCUT2D eigenvalue weighted by Gasteiger charge is 2.27. The molecule has 2 aromatic heterocycles. The average molecular weight is 514 g/mol. The number of aliphatic hydroxyl groups is 4. The second-order valence-electron chi connectivity index (χ2n) is 8.93. The minimum atomic E-state index is -1.72. The van der Waals surface area contributed by atoms with E-state index in [9.17, 15) is 29.3 Å². The lowest BCUT2D eigenvalue weighted by Crippen LogP contribution is -2.44. The van der Waals surface area contributed by atoms with Crippen LogP contribution in [0, 0.1) is 19.7 Å². The van der Waals surface area contributed by atoms with Crippen molar-refractivity contribution in [2.75, 3.05) is 13.2 Å². The highest BCUT2D eigenvalue weighted by molar-refractivity contribution is 5.94. The van der Waals surface area contributed by atoms with Crippen LogP contribution in [0.3, 0.4) is 0 Å². The second kappa shape index (κ2) is 10.7. The first kappa shape index (κ1) is 26.4. The number of imidazole rings is 1. The van der Waals surface area contributed by atoms with Crippen molar-refractivity contribution in [3.63, 3.8) is 0 Å². The first-order valence-electron chi connectivity index (χ1n) is 11.7. The highest BCUT2D eigenvalue weighted by Crippen LogP contribution is 2.18. The van der Waals surface area contributed by atoms with Crippen LogP contribution in [0.2, 0.25) is 0 Å². The van der Waals surface area contributed by atoms with Gasteiger partial charge in [0.2, 0.25) is 0 Å². The molecule has 12 heteroatoms. The van der Waals surface area contributed by atoms with Gasteiger partial charge in [0.05, 0.1) is 29.7 Å². The molecule has 0 unspecified atom stereocenters. The number of rotatable bonds is 9. The number of nitrogens with one attached hydrogen (secondary N) is 2. The van der Waals surface area contributed by atoms with E-state index in [1.165, 1.54) is 6.07 Å². The molecule has 6 N–H and O–H groups in total. The van der Waals surface area contributed by atoms with Crippen LogP contribution in [0.5, 0.6) is 0 Å². The maximum atomic E-state index is 13.9. The molecule has 0 spiro atoms. The summed E-state index contributed by atoms with van der Waals surface area (Å²) in [6.07, 6.45) is -4.71. The summed E-state index contributed by atoms with van der Waals surface area (Å²) in [7, 11) is 0. The standard InChI is InChI=1S/C25H28FN5O6/c1-12-8-16-17(9-13(12)2)31(10-18(33)23(35)19(34)11-32)25(37)22(29-16)24(36)27-7-6-20-28-15-5-3-4-14(26)21(15)30-20/h3-5,8-9,18-19,23,32-35H,6-7,10-11H2,1-2H3,(H,27,36)(H,28,30)/t18-,19+,23-/m0/s1. The van der Waals surface area contributed by atoms with Gasteiger partial charge in [0.1, 0.15) is 29.7 Å². The molecule has 37 heavy (non-hydrogen) atoms. The third-order valence-electron chi connectivity index (χ3n) is 6.28. The lowest BCUT2D eigenvalue weighted by Gasteiger charge is -2.23. The smallest absolute Gasteiger partial charge is 0.282 e. The number of aryl methyl sites for hydroxylation is 2. The Bertz CT molecular complexity index is 1520. The van der Waals surface area contributed by atoms with Gasteiger partial charge in [0.15, 0.2) is 11.5 Å². The Morgan fingerprint density at radius 3 is 2.57 bits per heavy atom. The Kier molecular flexibility index (Phi) is 7.64. The van der Waals surface area contributed by atoms with Gasteiger partial charge in [-0.15, -0.1) is 0 Å². The van der Waals surface area contributed by atoms with Gasteiger partial charge in [-0.05, 0) is 49.2 Å². The molecule has 4 rings (SSSR count). The van der Waals surface area contributed by atoms with Gasteiger partial charge in [-0.25, -0.2) is 14.4 Å². The molecule has 3 atom stereocenters. The van der Waals surface area contributed by atoms with Gasteiger partial charge in [-0.3, -0.25) is 9.59 Å². The third kappa shape index (κ3) is 5.37. The number of aliphatic hydroxyl groups excluding tert-OH is 4. The largest absolute Gasteiger partial charge is 0.394 e. The van der Waals surface area contributed by atoms with Gasteiger partial charge in [-0.2, -0.15) is 0 Å². The molecular formula is C25H28FN5O6. The SMILES string of the molecule is Cc1cc2nc(C(=O)NCCc3nc4c(F)cccc4[nH]3)c(=O)n(C[C@H](O)[C@H](O)[C@H](O)CO)c2cc1C. The number of aromatic nitrogens is 4. The summed E-state index contributed by atoms with van der Waals surface area (Å²) in [5.74, 6) is -0.768. The van der Waals surface area contributed by atoms with Crippen LogP contribution in [0.25, 0.3) is 22.1 Å². The number of nitrogens with zero attached hydrogens (tertiary/aromatic N) is 3. The number of hydrogen-bond acceptors (Lipinski definition) is 8. The zero-order valence-corrected chi connectivity index (χ0v) is 20.3. The number of benzene rings is 2. The van der Waals surface area contributed by atoms with E-state index < -0.39 is 54.4 Å². The highest BCUT2D eigenvalue weighted by atomic mass is 19.1. The zero-order chi connectivity index (χ0) is 26.9. The topological polar surface area (TPSA) is 174 Å². The van der Waals surface area contributed by atoms with Crippen LogP contribution in [-0.4, -0.2) is 77.3 Å². The number of hydrogen-bond donors (Lipinski definition) is 6. The van der Waals surface area contributed by atoms with E-state index in [1.807, 2.05) is 13.8 Å². The van der Waals surface area contributed by atoms with Crippen molar-refractivity contribution in [3.8, 4) is 0 Å². The van der Waals surface area contributed by atoms with Crippen LogP contribution in [0.15, 0.2) is 35.1 Å². The molecule has 0 bridgehead atoms. The van der Waals surface area contributed by atoms with Crippen molar-refractivity contribution in [1.29, 1.82) is 0 Å². The molecule has 196 valence electrons. The van der Waals surface area contributed by atoms with Crippen LogP contribution < -0.4 is 10.9 Å². The molecule has 2 aromatic carbocycles. The van der Waals surface area contributed by atoms with E-state index in [0.717, 1.165) is 15.7 Å². The molecule has 0 aliphatic carbocycles. The lowest BCUT2D eigenvalue weighted by atomic mass is 10.1. The number of amides is 1. The van der Waals surface area contributed by atoms with Gasteiger partial charge >= 0.3 is 0 Å². The van der Waals surface area contributed by atoms with E-state index in [2.05, 4.69) is 20.3 Å². The average Bonchev–Trinajstić information content (AvgIpc) is 3.30. The minimum absolute atomic E-state index is 0.0798. The lowest BCUT2D eigenvalue weighted by molar-refractivity contribution is -0.0805. The van der Waals surface area contributed by atoms with Crippen molar-refractivity contribution in [1.82, 2.24) is 24.8 Å².